The molecule has 1 amide bonds. The molecule has 2 N–H and O–H groups in total. The quantitative estimate of drug-likeness (QED) is 0.247. The van der Waals surface area contributed by atoms with Gasteiger partial charge in [0.1, 0.15) is 0 Å². The van der Waals surface area contributed by atoms with Crippen LogP contribution >= 0.6 is 0 Å². The predicted molar refractivity (Wildman–Crippen MR) is 129 cm³/mol. The molecule has 0 saturated heterocycles. The summed E-state index contributed by atoms with van der Waals surface area (Å²) in [4.78, 5) is 26.2. The summed E-state index contributed by atoms with van der Waals surface area (Å²) in [6, 6.07) is 22.0. The van der Waals surface area contributed by atoms with Gasteiger partial charge in [-0.25, -0.2) is 0 Å². The van der Waals surface area contributed by atoms with E-state index in [1.54, 1.807) is 6.07 Å². The third-order valence-electron chi connectivity index (χ3n) is 5.79. The van der Waals surface area contributed by atoms with E-state index in [0.717, 1.165) is 30.9 Å². The van der Waals surface area contributed by atoms with Gasteiger partial charge in [0.2, 0.25) is 0 Å². The summed E-state index contributed by atoms with van der Waals surface area (Å²) in [6.07, 6.45) is 4.34. The number of non-ortho nitro benzene ring substituents is 1. The van der Waals surface area contributed by atoms with Crippen LogP contribution in [0.25, 0.3) is 11.3 Å². The minimum absolute atomic E-state index is 0.0593. The second kappa shape index (κ2) is 8.72. The molecule has 0 atom stereocenters. The molecule has 0 aromatic heterocycles. The molecule has 7 nitrogen and oxygen atoms in total. The highest BCUT2D eigenvalue weighted by atomic mass is 16.6. The monoisotopic (exact) mass is 438 g/mol. The van der Waals surface area contributed by atoms with Gasteiger partial charge in [-0.3, -0.25) is 19.8 Å². The molecular weight excluding hydrogens is 416 g/mol. The predicted octanol–water partition coefficient (Wildman–Crippen LogP) is 4.90. The first-order valence-electron chi connectivity index (χ1n) is 10.7. The number of benzene rings is 3. The van der Waals surface area contributed by atoms with E-state index in [0.29, 0.717) is 22.5 Å². The van der Waals surface area contributed by atoms with Crippen LogP contribution in [0, 0.1) is 10.1 Å². The lowest BCUT2D eigenvalue weighted by atomic mass is 9.99. The average molecular weight is 438 g/mol. The number of carbonyl (C=O) groups excluding carboxylic acids is 1. The van der Waals surface area contributed by atoms with Gasteiger partial charge < -0.3 is 10.6 Å². The van der Waals surface area contributed by atoms with Gasteiger partial charge >= 0.3 is 0 Å². The van der Waals surface area contributed by atoms with Crippen molar-refractivity contribution in [1.29, 1.82) is 0 Å². The Morgan fingerprint density at radius 2 is 1.73 bits per heavy atom. The Morgan fingerprint density at radius 1 is 1.00 bits per heavy atom. The molecule has 0 spiro atoms. The average Bonchev–Trinajstić information content (AvgIpc) is 3.45. The van der Waals surface area contributed by atoms with Crippen LogP contribution in [0.5, 0.6) is 0 Å². The van der Waals surface area contributed by atoms with Crippen molar-refractivity contribution in [3.05, 3.63) is 112 Å². The van der Waals surface area contributed by atoms with Crippen LogP contribution in [-0.4, -0.2) is 28.8 Å². The van der Waals surface area contributed by atoms with Gasteiger partial charge in [0.15, 0.2) is 0 Å². The number of anilines is 2. The third kappa shape index (κ3) is 4.26. The number of nitro benzene ring substituents is 1. The Kier molecular flexibility index (Phi) is 5.46. The van der Waals surface area contributed by atoms with Crippen molar-refractivity contribution in [1.82, 2.24) is 4.90 Å². The Bertz CT molecular complexity index is 1270. The first-order valence-corrected chi connectivity index (χ1v) is 10.7. The SMILES string of the molecule is O=C1Nc2ccc([N+](=O)[O-])cc2/C1=C(/Nc1ccc(CN2CC=CC2)cc1)c1ccccc1. The number of rotatable bonds is 6. The van der Waals surface area contributed by atoms with Crippen LogP contribution in [0.15, 0.2) is 84.9 Å². The van der Waals surface area contributed by atoms with Crippen molar-refractivity contribution < 1.29 is 9.72 Å². The van der Waals surface area contributed by atoms with Crippen LogP contribution in [0.3, 0.4) is 0 Å². The maximum absolute atomic E-state index is 13.0. The lowest BCUT2D eigenvalue weighted by Crippen LogP contribution is -2.19. The van der Waals surface area contributed by atoms with Crippen molar-refractivity contribution in [3.8, 4) is 0 Å². The first-order chi connectivity index (χ1) is 16.1. The van der Waals surface area contributed by atoms with Crippen LogP contribution in [0.1, 0.15) is 16.7 Å². The van der Waals surface area contributed by atoms with Crippen molar-refractivity contribution in [2.24, 2.45) is 0 Å². The van der Waals surface area contributed by atoms with Crippen molar-refractivity contribution in [2.45, 2.75) is 6.54 Å². The van der Waals surface area contributed by atoms with E-state index in [4.69, 9.17) is 0 Å². The molecule has 0 fully saturated rings. The van der Waals surface area contributed by atoms with Crippen molar-refractivity contribution in [3.63, 3.8) is 0 Å². The highest BCUT2D eigenvalue weighted by Gasteiger charge is 2.30. The number of hydrogen-bond donors (Lipinski definition) is 2. The third-order valence-corrected chi connectivity index (χ3v) is 5.79. The molecular formula is C26H22N4O3. The van der Waals surface area contributed by atoms with Crippen molar-refractivity contribution >= 4 is 34.2 Å². The van der Waals surface area contributed by atoms with E-state index in [1.165, 1.54) is 17.7 Å². The normalized spacial score (nSPS) is 16.4. The molecule has 2 aliphatic heterocycles. The van der Waals surface area contributed by atoms with Crippen molar-refractivity contribution in [2.75, 3.05) is 23.7 Å². The number of amides is 1. The van der Waals surface area contributed by atoms with Gasteiger partial charge in [-0.15, -0.1) is 0 Å². The Morgan fingerprint density at radius 3 is 2.42 bits per heavy atom. The molecule has 7 heteroatoms. The fraction of sp³-hybridized carbons (Fsp3) is 0.115. The second-order valence-electron chi connectivity index (χ2n) is 8.04. The van der Waals surface area contributed by atoms with Gasteiger partial charge in [-0.1, -0.05) is 54.6 Å². The summed E-state index contributed by atoms with van der Waals surface area (Å²) in [6.45, 7) is 2.80. The molecule has 0 radical (unpaired) electrons. The molecule has 0 saturated carbocycles. The zero-order valence-electron chi connectivity index (χ0n) is 17.8. The molecule has 2 aliphatic rings. The van der Waals surface area contributed by atoms with E-state index >= 15 is 0 Å². The number of nitro groups is 1. The summed E-state index contributed by atoms with van der Waals surface area (Å²) >= 11 is 0. The summed E-state index contributed by atoms with van der Waals surface area (Å²) in [5.74, 6) is -0.296. The lowest BCUT2D eigenvalue weighted by molar-refractivity contribution is -0.384. The van der Waals surface area contributed by atoms with Crippen LogP contribution < -0.4 is 10.6 Å². The smallest absolute Gasteiger partial charge is 0.270 e. The largest absolute Gasteiger partial charge is 0.354 e. The molecule has 164 valence electrons. The summed E-state index contributed by atoms with van der Waals surface area (Å²) in [5.41, 5.74) is 4.85. The zero-order valence-corrected chi connectivity index (χ0v) is 17.8. The van der Waals surface area contributed by atoms with E-state index in [1.807, 2.05) is 42.5 Å². The Labute approximate surface area is 191 Å². The number of fused-ring (bicyclic) bond motifs is 1. The minimum Gasteiger partial charge on any atom is -0.354 e. The fourth-order valence-corrected chi connectivity index (χ4v) is 4.15. The molecule has 0 aliphatic carbocycles. The number of nitrogens with one attached hydrogen (secondary N) is 2. The molecule has 0 unspecified atom stereocenters. The number of hydrogen-bond acceptors (Lipinski definition) is 5. The molecule has 5 rings (SSSR count). The van der Waals surface area contributed by atoms with E-state index in [-0.39, 0.29) is 11.6 Å². The lowest BCUT2D eigenvalue weighted by Gasteiger charge is -2.17. The summed E-state index contributed by atoms with van der Waals surface area (Å²) in [5, 5.41) is 17.6. The van der Waals surface area contributed by atoms with Gasteiger partial charge in [0, 0.05) is 48.7 Å². The highest BCUT2D eigenvalue weighted by molar-refractivity contribution is 6.37. The van der Waals surface area contributed by atoms with E-state index < -0.39 is 4.92 Å². The summed E-state index contributed by atoms with van der Waals surface area (Å²) < 4.78 is 0. The Balaban J connectivity index is 1.53. The molecule has 2 heterocycles. The fourth-order valence-electron chi connectivity index (χ4n) is 4.15. The van der Waals surface area contributed by atoms with Gasteiger partial charge in [-0.2, -0.15) is 0 Å². The molecule has 33 heavy (non-hydrogen) atoms. The van der Waals surface area contributed by atoms with E-state index in [9.17, 15) is 14.9 Å². The summed E-state index contributed by atoms with van der Waals surface area (Å²) in [7, 11) is 0. The molecule has 3 aromatic rings. The van der Waals surface area contributed by atoms with Crippen LogP contribution in [0.2, 0.25) is 0 Å². The minimum atomic E-state index is -0.453. The maximum atomic E-state index is 13.0. The highest BCUT2D eigenvalue weighted by Crippen LogP contribution is 2.39. The van der Waals surface area contributed by atoms with Crippen LogP contribution in [0.4, 0.5) is 17.1 Å². The number of nitrogens with zero attached hydrogens (tertiary/aromatic N) is 2. The number of carbonyl (C=O) groups is 1. The van der Waals surface area contributed by atoms with Gasteiger partial charge in [-0.05, 0) is 29.3 Å². The maximum Gasteiger partial charge on any atom is 0.270 e. The second-order valence-corrected chi connectivity index (χ2v) is 8.04. The topological polar surface area (TPSA) is 87.5 Å². The zero-order chi connectivity index (χ0) is 22.8. The van der Waals surface area contributed by atoms with Gasteiger partial charge in [0.05, 0.1) is 16.2 Å². The van der Waals surface area contributed by atoms with Gasteiger partial charge in [0.25, 0.3) is 11.6 Å². The molecule has 0 bridgehead atoms. The standard InChI is InChI=1S/C26H22N4O3/c31-26-24(22-16-21(30(32)33)12-13-23(22)28-26)25(19-6-2-1-3-7-19)27-20-10-8-18(9-11-20)17-29-14-4-5-15-29/h1-13,16,27H,14-15,17H2,(H,28,31)/b25-24-. The first kappa shape index (κ1) is 20.7. The Hall–Kier alpha value is -4.23. The van der Waals surface area contributed by atoms with Crippen LogP contribution in [-0.2, 0) is 11.3 Å². The van der Waals surface area contributed by atoms with E-state index in [2.05, 4.69) is 39.8 Å². The molecule has 3 aromatic carbocycles.